The van der Waals surface area contributed by atoms with Crippen LogP contribution in [0.4, 0.5) is 5.69 Å². The third-order valence-electron chi connectivity index (χ3n) is 3.87. The van der Waals surface area contributed by atoms with Gasteiger partial charge in [0.1, 0.15) is 5.75 Å². The minimum Gasteiger partial charge on any atom is -0.496 e. The number of carbonyl (C=O) groups is 2. The molecule has 2 aromatic rings. The van der Waals surface area contributed by atoms with E-state index in [9.17, 15) is 14.7 Å². The van der Waals surface area contributed by atoms with Gasteiger partial charge < -0.3 is 15.2 Å². The van der Waals surface area contributed by atoms with Gasteiger partial charge in [-0.15, -0.1) is 0 Å². The van der Waals surface area contributed by atoms with Crippen LogP contribution < -0.4 is 10.1 Å². The molecule has 1 atom stereocenters. The van der Waals surface area contributed by atoms with Crippen molar-refractivity contribution in [1.29, 1.82) is 0 Å². The normalized spacial score (nSPS) is 19.2. The highest BCUT2D eigenvalue weighted by Crippen LogP contribution is 2.40. The Morgan fingerprint density at radius 2 is 2.04 bits per heavy atom. The van der Waals surface area contributed by atoms with Crippen LogP contribution in [0, 0.1) is 0 Å². The fourth-order valence-corrected chi connectivity index (χ4v) is 2.87. The SMILES string of the molecule is COc1ccccc1C(=O)CC1(O)C(=O)Nc2ccc(Cl)cc21. The average molecular weight is 332 g/mol. The summed E-state index contributed by atoms with van der Waals surface area (Å²) in [4.78, 5) is 24.8. The molecule has 0 spiro atoms. The number of ketones is 1. The summed E-state index contributed by atoms with van der Waals surface area (Å²) in [7, 11) is 1.46. The summed E-state index contributed by atoms with van der Waals surface area (Å²) in [6, 6.07) is 11.4. The number of hydrogen-bond acceptors (Lipinski definition) is 4. The maximum absolute atomic E-state index is 12.6. The van der Waals surface area contributed by atoms with Gasteiger partial charge in [0.25, 0.3) is 5.91 Å². The van der Waals surface area contributed by atoms with Crippen molar-refractivity contribution < 1.29 is 19.4 Å². The molecular weight excluding hydrogens is 318 g/mol. The van der Waals surface area contributed by atoms with Crippen molar-refractivity contribution in [3.8, 4) is 5.75 Å². The van der Waals surface area contributed by atoms with Crippen molar-refractivity contribution in [1.82, 2.24) is 0 Å². The van der Waals surface area contributed by atoms with E-state index in [-0.39, 0.29) is 0 Å². The number of aliphatic hydroxyl groups is 1. The van der Waals surface area contributed by atoms with Crippen LogP contribution in [0.2, 0.25) is 5.02 Å². The Labute approximate surface area is 137 Å². The first-order chi connectivity index (χ1) is 11.0. The quantitative estimate of drug-likeness (QED) is 0.845. The number of halogens is 1. The van der Waals surface area contributed by atoms with E-state index in [2.05, 4.69) is 5.32 Å². The summed E-state index contributed by atoms with van der Waals surface area (Å²) in [5, 5.41) is 13.7. The van der Waals surface area contributed by atoms with Crippen LogP contribution in [-0.2, 0) is 10.4 Å². The van der Waals surface area contributed by atoms with Gasteiger partial charge in [0.15, 0.2) is 11.4 Å². The molecule has 6 heteroatoms. The molecule has 2 aromatic carbocycles. The number of benzene rings is 2. The minimum absolute atomic E-state index is 0.304. The highest BCUT2D eigenvalue weighted by Gasteiger charge is 2.47. The molecule has 1 amide bonds. The molecule has 0 aromatic heterocycles. The molecule has 0 aliphatic carbocycles. The number of amides is 1. The van der Waals surface area contributed by atoms with E-state index < -0.39 is 23.7 Å². The maximum atomic E-state index is 12.6. The van der Waals surface area contributed by atoms with Gasteiger partial charge >= 0.3 is 0 Å². The van der Waals surface area contributed by atoms with Crippen LogP contribution in [0.1, 0.15) is 22.3 Å². The third kappa shape index (κ3) is 2.58. The summed E-state index contributed by atoms with van der Waals surface area (Å²) in [6.45, 7) is 0. The van der Waals surface area contributed by atoms with Crippen LogP contribution in [0.15, 0.2) is 42.5 Å². The predicted molar refractivity (Wildman–Crippen MR) is 85.9 cm³/mol. The Balaban J connectivity index is 1.98. The number of methoxy groups -OCH3 is 1. The first kappa shape index (κ1) is 15.5. The molecule has 2 N–H and O–H groups in total. The van der Waals surface area contributed by atoms with Crippen LogP contribution in [-0.4, -0.2) is 23.9 Å². The second-order valence-corrected chi connectivity index (χ2v) is 5.74. The largest absolute Gasteiger partial charge is 0.496 e. The van der Waals surface area contributed by atoms with Gasteiger partial charge in [0, 0.05) is 16.3 Å². The summed E-state index contributed by atoms with van der Waals surface area (Å²) >= 11 is 5.94. The van der Waals surface area contributed by atoms with E-state index in [1.807, 2.05) is 0 Å². The van der Waals surface area contributed by atoms with Crippen molar-refractivity contribution in [2.24, 2.45) is 0 Å². The molecule has 118 valence electrons. The van der Waals surface area contributed by atoms with Crippen molar-refractivity contribution in [2.45, 2.75) is 12.0 Å². The van der Waals surface area contributed by atoms with Crippen LogP contribution >= 0.6 is 11.6 Å². The zero-order valence-electron chi connectivity index (χ0n) is 12.3. The standard InChI is InChI=1S/C17H14ClNO4/c1-23-15-5-3-2-4-11(15)14(20)9-17(22)12-8-10(18)6-7-13(12)19-16(17)21/h2-8,22H,9H2,1H3,(H,19,21). The first-order valence-corrected chi connectivity index (χ1v) is 7.33. The van der Waals surface area contributed by atoms with E-state index in [4.69, 9.17) is 16.3 Å². The second kappa shape index (κ2) is 5.68. The highest BCUT2D eigenvalue weighted by atomic mass is 35.5. The number of hydrogen-bond donors (Lipinski definition) is 2. The zero-order valence-corrected chi connectivity index (χ0v) is 13.1. The van der Waals surface area contributed by atoms with Crippen molar-refractivity contribution in [3.05, 3.63) is 58.6 Å². The van der Waals surface area contributed by atoms with Crippen molar-refractivity contribution in [2.75, 3.05) is 12.4 Å². The number of para-hydroxylation sites is 1. The molecule has 0 saturated heterocycles. The number of carbonyl (C=O) groups excluding carboxylic acids is 2. The van der Waals surface area contributed by atoms with Gasteiger partial charge in [0.05, 0.1) is 19.1 Å². The topological polar surface area (TPSA) is 75.6 Å². The predicted octanol–water partition coefficient (Wildman–Crippen LogP) is 2.76. The number of ether oxygens (including phenoxy) is 1. The summed E-state index contributed by atoms with van der Waals surface area (Å²) in [5.41, 5.74) is -0.877. The number of anilines is 1. The molecular formula is C17H14ClNO4. The Hall–Kier alpha value is -2.37. The lowest BCUT2D eigenvalue weighted by atomic mass is 9.88. The van der Waals surface area contributed by atoms with Crippen molar-refractivity contribution in [3.63, 3.8) is 0 Å². The maximum Gasteiger partial charge on any atom is 0.261 e. The fraction of sp³-hybridized carbons (Fsp3) is 0.176. The molecule has 1 heterocycles. The van der Waals surface area contributed by atoms with Crippen molar-refractivity contribution >= 4 is 29.0 Å². The van der Waals surface area contributed by atoms with E-state index in [1.165, 1.54) is 13.2 Å². The number of fused-ring (bicyclic) bond motifs is 1. The Bertz CT molecular complexity index is 805. The molecule has 3 rings (SSSR count). The number of rotatable bonds is 4. The van der Waals surface area contributed by atoms with E-state index in [0.717, 1.165) is 0 Å². The molecule has 1 unspecified atom stereocenters. The molecule has 23 heavy (non-hydrogen) atoms. The molecule has 0 bridgehead atoms. The Morgan fingerprint density at radius 3 is 2.78 bits per heavy atom. The van der Waals surface area contributed by atoms with Gasteiger partial charge in [-0.3, -0.25) is 9.59 Å². The number of nitrogens with one attached hydrogen (secondary N) is 1. The van der Waals surface area contributed by atoms with Gasteiger partial charge in [-0.05, 0) is 30.3 Å². The third-order valence-corrected chi connectivity index (χ3v) is 4.11. The summed E-state index contributed by atoms with van der Waals surface area (Å²) in [5.74, 6) is -0.642. The van der Waals surface area contributed by atoms with Crippen LogP contribution in [0.25, 0.3) is 0 Å². The highest BCUT2D eigenvalue weighted by molar-refractivity contribution is 6.31. The van der Waals surface area contributed by atoms with E-state index in [1.54, 1.807) is 36.4 Å². The van der Waals surface area contributed by atoms with Crippen LogP contribution in [0.5, 0.6) is 5.75 Å². The van der Waals surface area contributed by atoms with Crippen LogP contribution in [0.3, 0.4) is 0 Å². The lowest BCUT2D eigenvalue weighted by molar-refractivity contribution is -0.133. The lowest BCUT2D eigenvalue weighted by Crippen LogP contribution is -2.36. The van der Waals surface area contributed by atoms with Gasteiger partial charge in [-0.1, -0.05) is 23.7 Å². The molecule has 1 aliphatic heterocycles. The monoisotopic (exact) mass is 331 g/mol. The zero-order chi connectivity index (χ0) is 16.6. The Kier molecular flexibility index (Phi) is 3.83. The van der Waals surface area contributed by atoms with Gasteiger partial charge in [-0.2, -0.15) is 0 Å². The smallest absolute Gasteiger partial charge is 0.261 e. The molecule has 1 aliphatic rings. The van der Waals surface area contributed by atoms with Gasteiger partial charge in [-0.25, -0.2) is 0 Å². The molecule has 0 radical (unpaired) electrons. The summed E-state index contributed by atoms with van der Waals surface area (Å²) in [6.07, 6.45) is -0.396. The molecule has 0 fully saturated rings. The number of Topliss-reactive ketones (excluding diaryl/α,β-unsaturated/α-hetero) is 1. The van der Waals surface area contributed by atoms with E-state index >= 15 is 0 Å². The van der Waals surface area contributed by atoms with E-state index in [0.29, 0.717) is 27.6 Å². The summed E-state index contributed by atoms with van der Waals surface area (Å²) < 4.78 is 5.16. The fourth-order valence-electron chi connectivity index (χ4n) is 2.69. The average Bonchev–Trinajstić information content (AvgIpc) is 2.78. The second-order valence-electron chi connectivity index (χ2n) is 5.30. The molecule has 0 saturated carbocycles. The van der Waals surface area contributed by atoms with Gasteiger partial charge in [0.2, 0.25) is 0 Å². The first-order valence-electron chi connectivity index (χ1n) is 6.96. The molecule has 5 nitrogen and oxygen atoms in total. The minimum atomic E-state index is -1.95. The lowest BCUT2D eigenvalue weighted by Gasteiger charge is -2.20. The Morgan fingerprint density at radius 1 is 1.30 bits per heavy atom.